The van der Waals surface area contributed by atoms with Crippen LogP contribution in [0.5, 0.6) is 0 Å². The van der Waals surface area contributed by atoms with Crippen molar-refractivity contribution >= 4 is 0 Å². The molecule has 21 heavy (non-hydrogen) atoms. The maximum Gasteiger partial charge on any atom is 0.272 e. The van der Waals surface area contributed by atoms with Crippen molar-refractivity contribution in [2.45, 2.75) is 40.8 Å². The molecule has 4 heteroatoms. The highest BCUT2D eigenvalue weighted by Gasteiger charge is 2.11. The van der Waals surface area contributed by atoms with Crippen molar-refractivity contribution in [1.82, 2.24) is 9.78 Å². The van der Waals surface area contributed by atoms with Crippen LogP contribution in [0.2, 0.25) is 0 Å². The van der Waals surface area contributed by atoms with Crippen LogP contribution in [0, 0.1) is 19.8 Å². The number of aliphatic hydroxyl groups is 1. The van der Waals surface area contributed by atoms with Gasteiger partial charge in [0.2, 0.25) is 0 Å². The molecule has 1 heterocycles. The molecule has 112 valence electrons. The lowest BCUT2D eigenvalue weighted by atomic mass is 10.0. The van der Waals surface area contributed by atoms with E-state index in [1.165, 1.54) is 15.8 Å². The minimum Gasteiger partial charge on any atom is -0.391 e. The van der Waals surface area contributed by atoms with Crippen LogP contribution in [-0.4, -0.2) is 14.9 Å². The van der Waals surface area contributed by atoms with E-state index >= 15 is 0 Å². The number of benzene rings is 1. The number of nitrogens with zero attached hydrogens (tertiary/aromatic N) is 2. The Labute approximate surface area is 125 Å². The molecule has 0 spiro atoms. The third-order valence-electron chi connectivity index (χ3n) is 3.56. The summed E-state index contributed by atoms with van der Waals surface area (Å²) < 4.78 is 1.46. The smallest absolute Gasteiger partial charge is 0.272 e. The first-order valence-electron chi connectivity index (χ1n) is 7.22. The fourth-order valence-corrected chi connectivity index (χ4v) is 2.22. The fourth-order valence-electron chi connectivity index (χ4n) is 2.22. The van der Waals surface area contributed by atoms with Gasteiger partial charge in [0.1, 0.15) is 0 Å². The second kappa shape index (κ2) is 6.22. The molecular weight excluding hydrogens is 264 g/mol. The number of aliphatic hydroxyl groups excluding tert-OH is 1. The van der Waals surface area contributed by atoms with Crippen LogP contribution in [-0.2, 0) is 13.2 Å². The molecule has 0 aliphatic carbocycles. The van der Waals surface area contributed by atoms with E-state index in [1.807, 2.05) is 26.0 Å². The Morgan fingerprint density at radius 2 is 1.90 bits per heavy atom. The number of hydrogen-bond donors (Lipinski definition) is 1. The molecule has 0 bridgehead atoms. The van der Waals surface area contributed by atoms with E-state index in [0.717, 1.165) is 11.3 Å². The number of hydrogen-bond acceptors (Lipinski definition) is 3. The Hall–Kier alpha value is -1.94. The maximum atomic E-state index is 12.2. The summed E-state index contributed by atoms with van der Waals surface area (Å²) in [6.45, 7) is 8.47. The van der Waals surface area contributed by atoms with Crippen molar-refractivity contribution in [1.29, 1.82) is 0 Å². The first-order chi connectivity index (χ1) is 9.92. The number of aryl methyl sites for hydroxylation is 2. The molecule has 0 unspecified atom stereocenters. The van der Waals surface area contributed by atoms with Crippen LogP contribution >= 0.6 is 0 Å². The zero-order valence-electron chi connectivity index (χ0n) is 13.1. The van der Waals surface area contributed by atoms with Gasteiger partial charge in [0.05, 0.1) is 12.3 Å². The molecule has 0 aliphatic rings. The predicted octanol–water partition coefficient (Wildman–Crippen LogP) is 2.68. The second-order valence-electron chi connectivity index (χ2n) is 5.89. The topological polar surface area (TPSA) is 55.1 Å². The summed E-state index contributed by atoms with van der Waals surface area (Å²) in [4.78, 5) is 12.2. The van der Waals surface area contributed by atoms with Crippen molar-refractivity contribution in [3.05, 3.63) is 51.3 Å². The van der Waals surface area contributed by atoms with E-state index in [9.17, 15) is 9.90 Å². The summed E-state index contributed by atoms with van der Waals surface area (Å²) >= 11 is 0. The van der Waals surface area contributed by atoms with Crippen molar-refractivity contribution in [3.63, 3.8) is 0 Å². The van der Waals surface area contributed by atoms with Gasteiger partial charge in [-0.15, -0.1) is 0 Å². The van der Waals surface area contributed by atoms with Crippen LogP contribution in [0.25, 0.3) is 11.3 Å². The molecular formula is C17H22N2O2. The summed E-state index contributed by atoms with van der Waals surface area (Å²) in [6.07, 6.45) is 0. The van der Waals surface area contributed by atoms with Crippen LogP contribution in [0.15, 0.2) is 29.1 Å². The highest BCUT2D eigenvalue weighted by Crippen LogP contribution is 2.20. The third-order valence-corrected chi connectivity index (χ3v) is 3.56. The van der Waals surface area contributed by atoms with E-state index in [2.05, 4.69) is 25.0 Å². The molecule has 4 nitrogen and oxygen atoms in total. The van der Waals surface area contributed by atoms with Crippen LogP contribution in [0.3, 0.4) is 0 Å². The van der Waals surface area contributed by atoms with Gasteiger partial charge in [-0.25, -0.2) is 4.68 Å². The standard InChI is InChI=1S/C17H22N2O2/c1-11(2)9-19-17(21)15(10-20)8-16(18-19)14-6-5-12(3)13(4)7-14/h5-8,11,20H,9-10H2,1-4H3. The fraction of sp³-hybridized carbons (Fsp3) is 0.412. The van der Waals surface area contributed by atoms with Gasteiger partial charge in [0, 0.05) is 17.7 Å². The zero-order chi connectivity index (χ0) is 15.6. The van der Waals surface area contributed by atoms with Crippen molar-refractivity contribution in [2.75, 3.05) is 0 Å². The van der Waals surface area contributed by atoms with Gasteiger partial charge < -0.3 is 5.11 Å². The van der Waals surface area contributed by atoms with Crippen LogP contribution in [0.4, 0.5) is 0 Å². The lowest BCUT2D eigenvalue weighted by Crippen LogP contribution is -2.28. The molecule has 0 fully saturated rings. The molecule has 1 N–H and O–H groups in total. The van der Waals surface area contributed by atoms with E-state index in [4.69, 9.17) is 0 Å². The molecule has 2 aromatic rings. The highest BCUT2D eigenvalue weighted by atomic mass is 16.3. The Balaban J connectivity index is 2.57. The number of aromatic nitrogens is 2. The molecule has 0 amide bonds. The Morgan fingerprint density at radius 1 is 1.19 bits per heavy atom. The minimum absolute atomic E-state index is 0.209. The van der Waals surface area contributed by atoms with Gasteiger partial charge in [-0.3, -0.25) is 4.79 Å². The molecule has 1 aromatic carbocycles. The summed E-state index contributed by atoms with van der Waals surface area (Å²) in [5.74, 6) is 0.316. The zero-order valence-corrected chi connectivity index (χ0v) is 13.1. The monoisotopic (exact) mass is 286 g/mol. The molecule has 1 aromatic heterocycles. The third kappa shape index (κ3) is 3.39. The SMILES string of the molecule is Cc1ccc(-c2cc(CO)c(=O)n(CC(C)C)n2)cc1C. The van der Waals surface area contributed by atoms with Gasteiger partial charge in [-0.2, -0.15) is 5.10 Å². The first kappa shape index (κ1) is 15.4. The van der Waals surface area contributed by atoms with Crippen molar-refractivity contribution in [3.8, 4) is 11.3 Å². The summed E-state index contributed by atoms with van der Waals surface area (Å²) in [5, 5.41) is 13.9. The molecule has 0 aliphatic heterocycles. The molecule has 0 radical (unpaired) electrons. The maximum absolute atomic E-state index is 12.2. The summed E-state index contributed by atoms with van der Waals surface area (Å²) in [7, 11) is 0. The highest BCUT2D eigenvalue weighted by molar-refractivity contribution is 5.61. The minimum atomic E-state index is -0.267. The summed E-state index contributed by atoms with van der Waals surface area (Å²) in [5.41, 5.74) is 4.27. The average molecular weight is 286 g/mol. The van der Waals surface area contributed by atoms with Gasteiger partial charge in [0.25, 0.3) is 5.56 Å². The lowest BCUT2D eigenvalue weighted by Gasteiger charge is -2.12. The van der Waals surface area contributed by atoms with Crippen molar-refractivity contribution < 1.29 is 5.11 Å². The Kier molecular flexibility index (Phi) is 4.58. The van der Waals surface area contributed by atoms with Gasteiger partial charge in [0.15, 0.2) is 0 Å². The van der Waals surface area contributed by atoms with E-state index in [0.29, 0.717) is 18.0 Å². The number of rotatable bonds is 4. The molecule has 0 atom stereocenters. The largest absolute Gasteiger partial charge is 0.391 e. The van der Waals surface area contributed by atoms with Crippen LogP contribution in [0.1, 0.15) is 30.5 Å². The quantitative estimate of drug-likeness (QED) is 0.940. The van der Waals surface area contributed by atoms with Gasteiger partial charge in [-0.05, 0) is 43.0 Å². The summed E-state index contributed by atoms with van der Waals surface area (Å²) in [6, 6.07) is 7.78. The Bertz CT molecular complexity index is 702. The van der Waals surface area contributed by atoms with Crippen LogP contribution < -0.4 is 5.56 Å². The lowest BCUT2D eigenvalue weighted by molar-refractivity contribution is 0.277. The normalized spacial score (nSPS) is 11.1. The molecule has 2 rings (SSSR count). The van der Waals surface area contributed by atoms with E-state index in [-0.39, 0.29) is 12.2 Å². The average Bonchev–Trinajstić information content (AvgIpc) is 2.43. The molecule has 0 saturated heterocycles. The first-order valence-corrected chi connectivity index (χ1v) is 7.22. The second-order valence-corrected chi connectivity index (χ2v) is 5.89. The predicted molar refractivity (Wildman–Crippen MR) is 84.2 cm³/mol. The van der Waals surface area contributed by atoms with Gasteiger partial charge in [-0.1, -0.05) is 26.0 Å². The van der Waals surface area contributed by atoms with E-state index in [1.54, 1.807) is 6.07 Å². The van der Waals surface area contributed by atoms with Crippen molar-refractivity contribution in [2.24, 2.45) is 5.92 Å². The van der Waals surface area contributed by atoms with Gasteiger partial charge >= 0.3 is 0 Å². The Morgan fingerprint density at radius 3 is 2.48 bits per heavy atom. The van der Waals surface area contributed by atoms with E-state index < -0.39 is 0 Å². The molecule has 0 saturated carbocycles.